The number of carboxylic acid groups (broad SMARTS) is 2. The Bertz CT molecular complexity index is 437. The first kappa shape index (κ1) is 19.9. The Balaban J connectivity index is 0.000000626. The molecule has 0 aromatic heterocycles. The molecular formula is C15H24N2O5. The summed E-state index contributed by atoms with van der Waals surface area (Å²) in [6.45, 7) is 9.84. The molecule has 7 nitrogen and oxygen atoms in total. The number of hydrogen-bond donors (Lipinski definition) is 2. The summed E-state index contributed by atoms with van der Waals surface area (Å²) in [7, 11) is 0. The maximum atomic E-state index is 11.5. The van der Waals surface area contributed by atoms with Gasteiger partial charge in [0.15, 0.2) is 0 Å². The van der Waals surface area contributed by atoms with Crippen molar-refractivity contribution in [3.8, 4) is 11.8 Å². The summed E-state index contributed by atoms with van der Waals surface area (Å²) < 4.78 is 0. The molecule has 0 bridgehead atoms. The van der Waals surface area contributed by atoms with Gasteiger partial charge in [-0.3, -0.25) is 9.69 Å². The number of hydrogen-bond acceptors (Lipinski definition) is 4. The lowest BCUT2D eigenvalue weighted by Crippen LogP contribution is -2.31. The second kappa shape index (κ2) is 10.6. The highest BCUT2D eigenvalue weighted by molar-refractivity contribution is 6.27. The van der Waals surface area contributed by atoms with Crippen molar-refractivity contribution >= 4 is 17.8 Å². The topological polar surface area (TPSA) is 98.2 Å². The van der Waals surface area contributed by atoms with Crippen molar-refractivity contribution in [3.05, 3.63) is 0 Å². The number of nitrogens with zero attached hydrogens (tertiary/aromatic N) is 2. The van der Waals surface area contributed by atoms with E-state index in [1.54, 1.807) is 0 Å². The summed E-state index contributed by atoms with van der Waals surface area (Å²) in [4.78, 5) is 33.8. The maximum absolute atomic E-state index is 11.5. The molecule has 1 atom stereocenters. The normalized spacial score (nSPS) is 16.6. The molecule has 0 aromatic carbocycles. The molecular weight excluding hydrogens is 288 g/mol. The minimum absolute atomic E-state index is 0.254. The van der Waals surface area contributed by atoms with Crippen LogP contribution >= 0.6 is 0 Å². The first-order chi connectivity index (χ1) is 10.3. The number of carbonyl (C=O) groups excluding carboxylic acids is 1. The fourth-order valence-corrected chi connectivity index (χ4v) is 1.88. The van der Waals surface area contributed by atoms with Gasteiger partial charge >= 0.3 is 11.9 Å². The summed E-state index contributed by atoms with van der Waals surface area (Å²) in [6.07, 6.45) is 1.68. The van der Waals surface area contributed by atoms with E-state index in [0.29, 0.717) is 19.0 Å². The summed E-state index contributed by atoms with van der Waals surface area (Å²) >= 11 is 0. The van der Waals surface area contributed by atoms with Gasteiger partial charge in [0.05, 0.1) is 13.1 Å². The van der Waals surface area contributed by atoms with Crippen molar-refractivity contribution in [2.24, 2.45) is 0 Å². The Morgan fingerprint density at radius 3 is 2.14 bits per heavy atom. The van der Waals surface area contributed by atoms with E-state index in [-0.39, 0.29) is 5.91 Å². The molecule has 0 spiro atoms. The Kier molecular flexibility index (Phi) is 9.63. The van der Waals surface area contributed by atoms with Gasteiger partial charge in [-0.15, -0.1) is 0 Å². The van der Waals surface area contributed by atoms with E-state index in [9.17, 15) is 4.79 Å². The molecule has 7 heteroatoms. The molecule has 0 radical (unpaired) electrons. The Hall–Kier alpha value is -2.07. The number of amides is 1. The molecule has 1 saturated heterocycles. The van der Waals surface area contributed by atoms with Crippen molar-refractivity contribution in [2.75, 3.05) is 26.2 Å². The van der Waals surface area contributed by atoms with Crippen molar-refractivity contribution in [1.29, 1.82) is 0 Å². The molecule has 1 unspecified atom stereocenters. The number of likely N-dealkylation sites (tertiary alicyclic amines) is 1. The number of rotatable bonds is 4. The number of carboxylic acids is 2. The lowest BCUT2D eigenvalue weighted by Gasteiger charge is -2.18. The van der Waals surface area contributed by atoms with E-state index in [2.05, 4.69) is 37.5 Å². The van der Waals surface area contributed by atoms with Crippen LogP contribution in [0, 0.1) is 11.8 Å². The van der Waals surface area contributed by atoms with E-state index < -0.39 is 11.9 Å². The highest BCUT2D eigenvalue weighted by Crippen LogP contribution is 2.16. The second-order valence-electron chi connectivity index (χ2n) is 4.83. The van der Waals surface area contributed by atoms with E-state index >= 15 is 0 Å². The zero-order valence-electron chi connectivity index (χ0n) is 13.3. The van der Waals surface area contributed by atoms with Gasteiger partial charge in [0.2, 0.25) is 5.91 Å². The van der Waals surface area contributed by atoms with Gasteiger partial charge in [-0.05, 0) is 26.4 Å². The van der Waals surface area contributed by atoms with Gasteiger partial charge in [-0.25, -0.2) is 9.59 Å². The highest BCUT2D eigenvalue weighted by atomic mass is 16.4. The summed E-state index contributed by atoms with van der Waals surface area (Å²) in [5, 5.41) is 14.8. The first-order valence-corrected chi connectivity index (χ1v) is 7.27. The molecule has 124 valence electrons. The molecule has 0 saturated carbocycles. The molecule has 1 rings (SSSR count). The highest BCUT2D eigenvalue weighted by Gasteiger charge is 2.26. The maximum Gasteiger partial charge on any atom is 0.414 e. The van der Waals surface area contributed by atoms with Crippen molar-refractivity contribution in [1.82, 2.24) is 9.80 Å². The van der Waals surface area contributed by atoms with Gasteiger partial charge < -0.3 is 15.1 Å². The van der Waals surface area contributed by atoms with E-state index in [0.717, 1.165) is 26.1 Å². The van der Waals surface area contributed by atoms with Crippen LogP contribution in [-0.2, 0) is 14.4 Å². The molecule has 0 aliphatic carbocycles. The fraction of sp³-hybridized carbons (Fsp3) is 0.667. The molecule has 22 heavy (non-hydrogen) atoms. The zero-order chi connectivity index (χ0) is 17.1. The van der Waals surface area contributed by atoms with Crippen LogP contribution in [0.3, 0.4) is 0 Å². The Morgan fingerprint density at radius 2 is 1.77 bits per heavy atom. The predicted octanol–water partition coefficient (Wildman–Crippen LogP) is 0.498. The van der Waals surface area contributed by atoms with Crippen molar-refractivity contribution in [2.45, 2.75) is 39.7 Å². The summed E-state index contributed by atoms with van der Waals surface area (Å²) in [6, 6.07) is 0.371. The lowest BCUT2D eigenvalue weighted by atomic mass is 10.2. The van der Waals surface area contributed by atoms with Crippen LogP contribution < -0.4 is 0 Å². The van der Waals surface area contributed by atoms with Crippen LogP contribution in [0.25, 0.3) is 0 Å². The first-order valence-electron chi connectivity index (χ1n) is 7.27. The van der Waals surface area contributed by atoms with Crippen molar-refractivity contribution < 1.29 is 24.6 Å². The van der Waals surface area contributed by atoms with Gasteiger partial charge in [0.25, 0.3) is 0 Å². The second-order valence-corrected chi connectivity index (χ2v) is 4.83. The van der Waals surface area contributed by atoms with E-state index in [1.807, 2.05) is 4.90 Å². The predicted molar refractivity (Wildman–Crippen MR) is 81.2 cm³/mol. The van der Waals surface area contributed by atoms with Gasteiger partial charge in [0, 0.05) is 12.5 Å². The molecule has 1 heterocycles. The smallest absolute Gasteiger partial charge is 0.414 e. The molecule has 2 N–H and O–H groups in total. The number of carbonyl (C=O) groups is 3. The van der Waals surface area contributed by atoms with Crippen molar-refractivity contribution in [3.63, 3.8) is 0 Å². The minimum Gasteiger partial charge on any atom is -0.473 e. The molecule has 0 aromatic rings. The summed E-state index contributed by atoms with van der Waals surface area (Å²) in [5.74, 6) is 2.84. The van der Waals surface area contributed by atoms with Gasteiger partial charge in [-0.2, -0.15) is 0 Å². The monoisotopic (exact) mass is 312 g/mol. The minimum atomic E-state index is -1.82. The SMILES string of the molecule is CCN(CC)CC#CCN1C(=O)CCC1C.O=C(O)C(=O)O. The Morgan fingerprint density at radius 1 is 1.23 bits per heavy atom. The largest absolute Gasteiger partial charge is 0.473 e. The quantitative estimate of drug-likeness (QED) is 0.579. The van der Waals surface area contributed by atoms with E-state index in [4.69, 9.17) is 19.8 Å². The molecule has 1 aliphatic heterocycles. The average Bonchev–Trinajstić information content (AvgIpc) is 2.79. The zero-order valence-corrected chi connectivity index (χ0v) is 13.3. The van der Waals surface area contributed by atoms with E-state index in [1.165, 1.54) is 0 Å². The van der Waals surface area contributed by atoms with Crippen LogP contribution in [0.1, 0.15) is 33.6 Å². The molecule has 1 fully saturated rings. The third kappa shape index (κ3) is 7.64. The third-order valence-corrected chi connectivity index (χ3v) is 3.38. The molecule has 1 aliphatic rings. The van der Waals surface area contributed by atoms with Crippen LogP contribution in [0.5, 0.6) is 0 Å². The fourth-order valence-electron chi connectivity index (χ4n) is 1.88. The average molecular weight is 312 g/mol. The summed E-state index contributed by atoms with van der Waals surface area (Å²) in [5.41, 5.74) is 0. The van der Waals surface area contributed by atoms with Gasteiger partial charge in [0.1, 0.15) is 0 Å². The van der Waals surface area contributed by atoms with Gasteiger partial charge in [-0.1, -0.05) is 25.7 Å². The van der Waals surface area contributed by atoms with Crippen LogP contribution in [0.15, 0.2) is 0 Å². The standard InChI is InChI=1S/C13H22N2O.C2H2O4/c1-4-14(5-2)10-6-7-11-15-12(3)8-9-13(15)16;3-1(4)2(5)6/h12H,4-5,8-11H2,1-3H3;(H,3,4)(H,5,6). The number of aliphatic carboxylic acids is 2. The Labute approximate surface area is 130 Å². The third-order valence-electron chi connectivity index (χ3n) is 3.38. The molecule has 1 amide bonds. The van der Waals surface area contributed by atoms with Crippen LogP contribution in [0.2, 0.25) is 0 Å². The van der Waals surface area contributed by atoms with Crippen LogP contribution in [0.4, 0.5) is 0 Å². The van der Waals surface area contributed by atoms with Crippen LogP contribution in [-0.4, -0.2) is 70.1 Å². The lowest BCUT2D eigenvalue weighted by molar-refractivity contribution is -0.159.